The molecule has 1 fully saturated rings. The Bertz CT molecular complexity index is 914. The molecule has 2 aromatic rings. The van der Waals surface area contributed by atoms with Crippen LogP contribution < -0.4 is 5.43 Å². The van der Waals surface area contributed by atoms with Crippen molar-refractivity contribution in [2.24, 2.45) is 5.10 Å². The minimum Gasteiger partial charge on any atom is -0.272 e. The Balaban J connectivity index is 1.98. The second-order valence-corrected chi connectivity index (χ2v) is 6.89. The van der Waals surface area contributed by atoms with Crippen molar-refractivity contribution in [3.8, 4) is 0 Å². The molecule has 3 rings (SSSR count). The first-order valence-electron chi connectivity index (χ1n) is 9.29. The fraction of sp³-hybridized carbons (Fsp3) is 0.350. The third-order valence-electron chi connectivity index (χ3n) is 5.45. The lowest BCUT2D eigenvalue weighted by atomic mass is 9.66. The summed E-state index contributed by atoms with van der Waals surface area (Å²) in [6, 6.07) is 13.7. The topological polar surface area (TPSA) is 111 Å². The average Bonchev–Trinajstić information content (AvgIpc) is 2.72. The van der Waals surface area contributed by atoms with E-state index in [9.17, 15) is 20.2 Å². The molecule has 0 aliphatic heterocycles. The summed E-state index contributed by atoms with van der Waals surface area (Å²) in [5.74, 6) is 0. The molecule has 0 bridgehead atoms. The van der Waals surface area contributed by atoms with Crippen molar-refractivity contribution in [2.75, 3.05) is 5.43 Å². The summed E-state index contributed by atoms with van der Waals surface area (Å²) in [5.41, 5.74) is 4.21. The first-order chi connectivity index (χ1) is 13.5. The van der Waals surface area contributed by atoms with Gasteiger partial charge in [-0.05, 0) is 37.3 Å². The number of hydrogen-bond acceptors (Lipinski definition) is 6. The van der Waals surface area contributed by atoms with Crippen LogP contribution in [-0.2, 0) is 5.41 Å². The number of benzene rings is 2. The van der Waals surface area contributed by atoms with Gasteiger partial charge < -0.3 is 0 Å². The predicted molar refractivity (Wildman–Crippen MR) is 108 cm³/mol. The standard InChI is InChI=1S/C20H22N4O4/c1-2-20(15-8-4-3-5-9-15)13-7-6-10-19(20)22-21-17-12-11-16(23(25)26)14-18(17)24(27)28/h3-5,8-9,11-12,14,21H,2,6-7,10,13H2,1H3/b22-19-/t20-/m0/s1. The second kappa shape index (κ2) is 8.16. The van der Waals surface area contributed by atoms with Crippen LogP contribution in [0.15, 0.2) is 53.6 Å². The fourth-order valence-corrected chi connectivity index (χ4v) is 3.93. The zero-order chi connectivity index (χ0) is 20.1. The molecule has 0 saturated heterocycles. The van der Waals surface area contributed by atoms with E-state index < -0.39 is 9.85 Å². The van der Waals surface area contributed by atoms with Crippen LogP contribution in [0.5, 0.6) is 0 Å². The number of hydrazone groups is 1. The van der Waals surface area contributed by atoms with Gasteiger partial charge in [0.05, 0.1) is 15.9 Å². The quantitative estimate of drug-likeness (QED) is 0.546. The van der Waals surface area contributed by atoms with Crippen molar-refractivity contribution < 1.29 is 9.85 Å². The average molecular weight is 382 g/mol. The van der Waals surface area contributed by atoms with Gasteiger partial charge in [0, 0.05) is 17.2 Å². The minimum atomic E-state index is -0.651. The lowest BCUT2D eigenvalue weighted by Gasteiger charge is -2.38. The Kier molecular flexibility index (Phi) is 5.67. The molecule has 28 heavy (non-hydrogen) atoms. The summed E-state index contributed by atoms with van der Waals surface area (Å²) in [6.07, 6.45) is 4.75. The molecule has 1 aliphatic rings. The summed E-state index contributed by atoms with van der Waals surface area (Å²) >= 11 is 0. The van der Waals surface area contributed by atoms with Crippen LogP contribution in [0, 0.1) is 20.2 Å². The molecule has 1 N–H and O–H groups in total. The molecular weight excluding hydrogens is 360 g/mol. The highest BCUT2D eigenvalue weighted by Gasteiger charge is 2.38. The molecule has 0 radical (unpaired) electrons. The maximum absolute atomic E-state index is 11.3. The molecule has 146 valence electrons. The molecule has 2 aromatic carbocycles. The van der Waals surface area contributed by atoms with E-state index in [1.165, 1.54) is 17.7 Å². The molecular formula is C20H22N4O4. The third kappa shape index (κ3) is 3.71. The van der Waals surface area contributed by atoms with Gasteiger partial charge in [-0.1, -0.05) is 43.7 Å². The normalized spacial score (nSPS) is 20.7. The molecule has 8 heteroatoms. The van der Waals surface area contributed by atoms with Crippen molar-refractivity contribution in [1.29, 1.82) is 0 Å². The van der Waals surface area contributed by atoms with E-state index in [0.29, 0.717) is 0 Å². The Morgan fingerprint density at radius 3 is 2.46 bits per heavy atom. The molecule has 1 aliphatic carbocycles. The van der Waals surface area contributed by atoms with E-state index in [2.05, 4.69) is 29.6 Å². The number of non-ortho nitro benzene ring substituents is 1. The van der Waals surface area contributed by atoms with Crippen LogP contribution in [0.3, 0.4) is 0 Å². The van der Waals surface area contributed by atoms with Crippen molar-refractivity contribution >= 4 is 22.8 Å². The highest BCUT2D eigenvalue weighted by molar-refractivity contribution is 5.96. The van der Waals surface area contributed by atoms with Gasteiger partial charge in [-0.25, -0.2) is 0 Å². The van der Waals surface area contributed by atoms with E-state index in [1.54, 1.807) is 0 Å². The number of rotatable bonds is 6. The molecule has 8 nitrogen and oxygen atoms in total. The van der Waals surface area contributed by atoms with Gasteiger partial charge in [-0.15, -0.1) is 0 Å². The minimum absolute atomic E-state index is 0.145. The zero-order valence-electron chi connectivity index (χ0n) is 15.6. The number of nitro groups is 2. The van der Waals surface area contributed by atoms with Crippen molar-refractivity contribution in [3.05, 3.63) is 74.3 Å². The summed E-state index contributed by atoms with van der Waals surface area (Å²) in [7, 11) is 0. The fourth-order valence-electron chi connectivity index (χ4n) is 3.93. The summed E-state index contributed by atoms with van der Waals surface area (Å²) < 4.78 is 0. The Morgan fingerprint density at radius 2 is 1.82 bits per heavy atom. The van der Waals surface area contributed by atoms with E-state index in [4.69, 9.17) is 0 Å². The van der Waals surface area contributed by atoms with Crippen LogP contribution in [0.1, 0.15) is 44.6 Å². The number of nitro benzene ring substituents is 2. The SMILES string of the molecule is CC[C@@]1(c2ccccc2)CCCC/C1=N/Nc1ccc([N+](=O)[O-])cc1[N+](=O)[O-]. The van der Waals surface area contributed by atoms with Crippen molar-refractivity contribution in [3.63, 3.8) is 0 Å². The monoisotopic (exact) mass is 382 g/mol. The maximum Gasteiger partial charge on any atom is 0.301 e. The lowest BCUT2D eigenvalue weighted by Crippen LogP contribution is -2.38. The van der Waals surface area contributed by atoms with Crippen LogP contribution in [0.2, 0.25) is 0 Å². The van der Waals surface area contributed by atoms with Gasteiger partial charge >= 0.3 is 5.69 Å². The second-order valence-electron chi connectivity index (χ2n) is 6.89. The molecule has 0 amide bonds. The Hall–Kier alpha value is -3.29. The Labute approximate surface area is 162 Å². The lowest BCUT2D eigenvalue weighted by molar-refractivity contribution is -0.393. The summed E-state index contributed by atoms with van der Waals surface area (Å²) in [5, 5.41) is 26.8. The smallest absolute Gasteiger partial charge is 0.272 e. The van der Waals surface area contributed by atoms with Crippen LogP contribution >= 0.6 is 0 Å². The van der Waals surface area contributed by atoms with Gasteiger partial charge in [0.1, 0.15) is 5.69 Å². The van der Waals surface area contributed by atoms with Crippen molar-refractivity contribution in [1.82, 2.24) is 0 Å². The van der Waals surface area contributed by atoms with E-state index in [1.807, 2.05) is 18.2 Å². The maximum atomic E-state index is 11.3. The first-order valence-corrected chi connectivity index (χ1v) is 9.29. The molecule has 1 saturated carbocycles. The van der Waals surface area contributed by atoms with Gasteiger partial charge in [0.25, 0.3) is 5.69 Å². The van der Waals surface area contributed by atoms with Gasteiger partial charge in [0.15, 0.2) is 0 Å². The molecule has 0 unspecified atom stereocenters. The zero-order valence-corrected chi connectivity index (χ0v) is 15.6. The number of nitrogens with one attached hydrogen (secondary N) is 1. The van der Waals surface area contributed by atoms with Crippen LogP contribution in [0.4, 0.5) is 17.1 Å². The van der Waals surface area contributed by atoms with E-state index in [-0.39, 0.29) is 22.5 Å². The first kappa shape index (κ1) is 19.5. The van der Waals surface area contributed by atoms with E-state index in [0.717, 1.165) is 43.9 Å². The number of anilines is 1. The molecule has 0 aromatic heterocycles. The van der Waals surface area contributed by atoms with Crippen LogP contribution in [-0.4, -0.2) is 15.6 Å². The Morgan fingerprint density at radius 1 is 1.07 bits per heavy atom. The third-order valence-corrected chi connectivity index (χ3v) is 5.45. The molecule has 1 atom stereocenters. The summed E-state index contributed by atoms with van der Waals surface area (Å²) in [4.78, 5) is 21.0. The number of nitrogens with zero attached hydrogens (tertiary/aromatic N) is 3. The highest BCUT2D eigenvalue weighted by atomic mass is 16.6. The highest BCUT2D eigenvalue weighted by Crippen LogP contribution is 2.40. The van der Waals surface area contributed by atoms with Crippen LogP contribution in [0.25, 0.3) is 0 Å². The number of hydrogen-bond donors (Lipinski definition) is 1. The van der Waals surface area contributed by atoms with Gasteiger partial charge in [-0.3, -0.25) is 25.7 Å². The molecule has 0 heterocycles. The summed E-state index contributed by atoms with van der Waals surface area (Å²) in [6.45, 7) is 2.13. The van der Waals surface area contributed by atoms with Crippen molar-refractivity contribution in [2.45, 2.75) is 44.4 Å². The molecule has 0 spiro atoms. The predicted octanol–water partition coefficient (Wildman–Crippen LogP) is 5.19. The van der Waals surface area contributed by atoms with Gasteiger partial charge in [0.2, 0.25) is 0 Å². The van der Waals surface area contributed by atoms with Gasteiger partial charge in [-0.2, -0.15) is 5.10 Å². The van der Waals surface area contributed by atoms with E-state index >= 15 is 0 Å². The largest absolute Gasteiger partial charge is 0.301 e.